The molecule has 0 spiro atoms. The summed E-state index contributed by atoms with van der Waals surface area (Å²) in [6, 6.07) is 5.10. The summed E-state index contributed by atoms with van der Waals surface area (Å²) in [6.07, 6.45) is 1.29. The van der Waals surface area contributed by atoms with Crippen molar-refractivity contribution in [3.8, 4) is 5.75 Å². The van der Waals surface area contributed by atoms with E-state index in [0.29, 0.717) is 16.0 Å². The molecule has 59 valence electrons. The van der Waals surface area contributed by atoms with Gasteiger partial charge in [-0.3, -0.25) is 0 Å². The summed E-state index contributed by atoms with van der Waals surface area (Å²) in [4.78, 5) is 0. The Labute approximate surface area is 110 Å². The van der Waals surface area contributed by atoms with Crippen molar-refractivity contribution in [2.45, 2.75) is 0 Å². The quantitative estimate of drug-likeness (QED) is 0.744. The first-order valence-corrected chi connectivity index (χ1v) is 3.51. The van der Waals surface area contributed by atoms with Crippen molar-refractivity contribution < 1.29 is 53.6 Å². The van der Waals surface area contributed by atoms with Crippen molar-refractivity contribution in [1.82, 2.24) is 0 Å². The van der Waals surface area contributed by atoms with Crippen molar-refractivity contribution in [2.75, 3.05) is 0 Å². The molecule has 2 rings (SSSR count). The van der Waals surface area contributed by atoms with Crippen LogP contribution < -0.4 is 0 Å². The van der Waals surface area contributed by atoms with Gasteiger partial charge in [-0.1, -0.05) is 11.6 Å². The van der Waals surface area contributed by atoms with Gasteiger partial charge in [0.1, 0.15) is 11.8 Å². The van der Waals surface area contributed by atoms with Crippen LogP contribution in [0.4, 0.5) is 0 Å². The van der Waals surface area contributed by atoms with Gasteiger partial charge in [-0.25, -0.2) is 0 Å². The maximum Gasteiger partial charge on any atom is 0.161 e. The molecular weight excluding hydrogens is 391 g/mol. The summed E-state index contributed by atoms with van der Waals surface area (Å²) < 4.78 is 5.00. The standard InChI is InChI=1S/C8H5ClO2.Ac/c9-5-1-2-8-6(3-5)7(10)4-11-8;/h1-4,10H;. The van der Waals surface area contributed by atoms with Crippen LogP contribution in [0.1, 0.15) is 0 Å². The summed E-state index contributed by atoms with van der Waals surface area (Å²) >= 11 is 5.69. The van der Waals surface area contributed by atoms with Crippen molar-refractivity contribution in [3.63, 3.8) is 0 Å². The minimum absolute atomic E-state index is 0. The Hall–Kier alpha value is 0.292. The van der Waals surface area contributed by atoms with Crippen molar-refractivity contribution >= 4 is 22.6 Å². The van der Waals surface area contributed by atoms with Crippen molar-refractivity contribution in [2.24, 2.45) is 0 Å². The zero-order chi connectivity index (χ0) is 7.84. The summed E-state index contributed by atoms with van der Waals surface area (Å²) in [5.41, 5.74) is 0.645. The Morgan fingerprint density at radius 3 is 2.83 bits per heavy atom. The van der Waals surface area contributed by atoms with Gasteiger partial charge < -0.3 is 9.52 Å². The van der Waals surface area contributed by atoms with Crippen LogP contribution in [0.25, 0.3) is 11.0 Å². The largest absolute Gasteiger partial charge is 0.504 e. The van der Waals surface area contributed by atoms with Gasteiger partial charge in [0.15, 0.2) is 5.75 Å². The predicted molar refractivity (Wildman–Crippen MR) is 42.9 cm³/mol. The van der Waals surface area contributed by atoms with Crippen LogP contribution >= 0.6 is 11.6 Å². The Bertz CT molecular complexity index is 397. The maximum absolute atomic E-state index is 9.18. The van der Waals surface area contributed by atoms with Gasteiger partial charge >= 0.3 is 0 Å². The Kier molecular flexibility index (Phi) is 3.46. The molecule has 0 aliphatic heterocycles. The van der Waals surface area contributed by atoms with E-state index in [1.54, 1.807) is 18.2 Å². The topological polar surface area (TPSA) is 33.4 Å². The van der Waals surface area contributed by atoms with E-state index in [-0.39, 0.29) is 49.8 Å². The fourth-order valence-electron chi connectivity index (χ4n) is 0.988. The van der Waals surface area contributed by atoms with Crippen LogP contribution in [0.15, 0.2) is 28.9 Å². The zero-order valence-electron chi connectivity index (χ0n) is 6.12. The van der Waals surface area contributed by atoms with Gasteiger partial charge in [-0.05, 0) is 18.2 Å². The molecular formula is C8H5AcClO2. The molecule has 1 N–H and O–H groups in total. The molecule has 0 amide bonds. The molecule has 0 saturated heterocycles. The molecule has 1 radical (unpaired) electrons. The molecule has 2 aromatic rings. The van der Waals surface area contributed by atoms with Gasteiger partial charge in [-0.2, -0.15) is 0 Å². The second-order valence-electron chi connectivity index (χ2n) is 2.26. The van der Waals surface area contributed by atoms with E-state index in [0.717, 1.165) is 0 Å². The number of rotatable bonds is 0. The molecule has 0 aliphatic rings. The van der Waals surface area contributed by atoms with E-state index in [2.05, 4.69) is 0 Å². The summed E-state index contributed by atoms with van der Waals surface area (Å²) in [5, 5.41) is 10.4. The first-order chi connectivity index (χ1) is 5.27. The molecule has 1 aromatic heterocycles. The van der Waals surface area contributed by atoms with E-state index in [1.165, 1.54) is 6.26 Å². The van der Waals surface area contributed by atoms with Crippen LogP contribution in [0.5, 0.6) is 5.75 Å². The molecule has 0 saturated carbocycles. The molecule has 0 bridgehead atoms. The minimum atomic E-state index is 0. The molecule has 0 aliphatic carbocycles. The SMILES string of the molecule is Oc1coc2ccc(Cl)cc12.[Ac]. The normalized spacial score (nSPS) is 9.75. The smallest absolute Gasteiger partial charge is 0.161 e. The number of benzene rings is 1. The second-order valence-corrected chi connectivity index (χ2v) is 2.70. The summed E-state index contributed by atoms with van der Waals surface area (Å²) in [5.74, 6) is 0.127. The van der Waals surface area contributed by atoms with Gasteiger partial charge in [0.05, 0.1) is 5.39 Å². The van der Waals surface area contributed by atoms with Crippen molar-refractivity contribution in [3.05, 3.63) is 29.5 Å². The van der Waals surface area contributed by atoms with Crippen LogP contribution in [0, 0.1) is 44.1 Å². The number of fused-ring (bicyclic) bond motifs is 1. The Morgan fingerprint density at radius 2 is 2.08 bits per heavy atom. The van der Waals surface area contributed by atoms with E-state index in [1.807, 2.05) is 0 Å². The van der Waals surface area contributed by atoms with Gasteiger partial charge in [0, 0.05) is 49.1 Å². The maximum atomic E-state index is 9.18. The van der Waals surface area contributed by atoms with Gasteiger partial charge in [0.25, 0.3) is 0 Å². The molecule has 0 atom stereocenters. The molecule has 4 heteroatoms. The monoisotopic (exact) mass is 395 g/mol. The molecule has 0 unspecified atom stereocenters. The number of hydrogen-bond donors (Lipinski definition) is 1. The fourth-order valence-corrected chi connectivity index (χ4v) is 1.16. The fraction of sp³-hybridized carbons (Fsp3) is 0. The summed E-state index contributed by atoms with van der Waals surface area (Å²) in [6.45, 7) is 0. The van der Waals surface area contributed by atoms with Gasteiger partial charge in [0.2, 0.25) is 0 Å². The van der Waals surface area contributed by atoms with Crippen LogP contribution in [-0.2, 0) is 0 Å². The number of halogens is 1. The number of furan rings is 1. The number of aromatic hydroxyl groups is 1. The third-order valence-corrected chi connectivity index (χ3v) is 1.75. The van der Waals surface area contributed by atoms with E-state index in [4.69, 9.17) is 16.0 Å². The van der Waals surface area contributed by atoms with E-state index < -0.39 is 0 Å². The average molecular weight is 396 g/mol. The van der Waals surface area contributed by atoms with Crippen molar-refractivity contribution in [1.29, 1.82) is 0 Å². The summed E-state index contributed by atoms with van der Waals surface area (Å²) in [7, 11) is 0. The second kappa shape index (κ2) is 4.00. The zero-order valence-corrected chi connectivity index (χ0v) is 11.6. The Balaban J connectivity index is 0.000000720. The Morgan fingerprint density at radius 1 is 1.33 bits per heavy atom. The predicted octanol–water partition coefficient (Wildman–Crippen LogP) is 2.79. The van der Waals surface area contributed by atoms with Gasteiger partial charge in [-0.15, -0.1) is 0 Å². The number of hydrogen-bond acceptors (Lipinski definition) is 2. The molecule has 12 heavy (non-hydrogen) atoms. The van der Waals surface area contributed by atoms with E-state index in [9.17, 15) is 5.11 Å². The first kappa shape index (κ1) is 10.4. The van der Waals surface area contributed by atoms with E-state index >= 15 is 0 Å². The molecule has 1 aromatic carbocycles. The van der Waals surface area contributed by atoms with Crippen LogP contribution in [0.2, 0.25) is 5.02 Å². The van der Waals surface area contributed by atoms with Crippen LogP contribution in [0.3, 0.4) is 0 Å². The average Bonchev–Trinajstić information content (AvgIpc) is 2.33. The van der Waals surface area contributed by atoms with Crippen LogP contribution in [-0.4, -0.2) is 5.11 Å². The third kappa shape index (κ3) is 1.79. The molecule has 0 fully saturated rings. The minimum Gasteiger partial charge on any atom is -0.504 e. The molecule has 1 heterocycles. The molecule has 2 nitrogen and oxygen atoms in total. The third-order valence-electron chi connectivity index (χ3n) is 1.52. The first-order valence-electron chi connectivity index (χ1n) is 3.13.